The third-order valence-corrected chi connectivity index (χ3v) is 2.69. The molecule has 0 fully saturated rings. The topological polar surface area (TPSA) is 61.8 Å². The van der Waals surface area contributed by atoms with Gasteiger partial charge in [0.1, 0.15) is 6.07 Å². The van der Waals surface area contributed by atoms with Crippen LogP contribution < -0.4 is 11.1 Å². The van der Waals surface area contributed by atoms with Gasteiger partial charge in [-0.1, -0.05) is 17.7 Å². The summed E-state index contributed by atoms with van der Waals surface area (Å²) < 4.78 is 13.7. The number of nitriles is 1. The van der Waals surface area contributed by atoms with E-state index in [1.807, 2.05) is 6.07 Å². The average Bonchev–Trinajstić information content (AvgIpc) is 2.35. The second kappa shape index (κ2) is 4.94. The highest BCUT2D eigenvalue weighted by molar-refractivity contribution is 6.31. The summed E-state index contributed by atoms with van der Waals surface area (Å²) in [4.78, 5) is 0. The average molecular weight is 262 g/mol. The van der Waals surface area contributed by atoms with Crippen molar-refractivity contribution < 1.29 is 4.39 Å². The summed E-state index contributed by atoms with van der Waals surface area (Å²) in [5.41, 5.74) is 7.24. The molecule has 0 bridgehead atoms. The van der Waals surface area contributed by atoms with E-state index in [4.69, 9.17) is 22.6 Å². The zero-order valence-corrected chi connectivity index (χ0v) is 10.0. The molecule has 0 aliphatic heterocycles. The molecule has 0 aliphatic rings. The molecule has 0 saturated heterocycles. The van der Waals surface area contributed by atoms with Crippen molar-refractivity contribution in [2.75, 3.05) is 11.1 Å². The Bertz CT molecular complexity index is 635. The lowest BCUT2D eigenvalue weighted by molar-refractivity contribution is 0.632. The fourth-order valence-electron chi connectivity index (χ4n) is 1.50. The Hall–Kier alpha value is -2.25. The van der Waals surface area contributed by atoms with Crippen molar-refractivity contribution in [3.05, 3.63) is 52.8 Å². The van der Waals surface area contributed by atoms with Gasteiger partial charge in [0, 0.05) is 5.69 Å². The van der Waals surface area contributed by atoms with Crippen LogP contribution in [0.15, 0.2) is 36.4 Å². The van der Waals surface area contributed by atoms with Crippen LogP contribution in [0.5, 0.6) is 0 Å². The lowest BCUT2D eigenvalue weighted by Crippen LogP contribution is -1.97. The molecule has 0 unspecified atom stereocenters. The molecular formula is C13H9ClFN3. The van der Waals surface area contributed by atoms with E-state index in [0.717, 1.165) is 0 Å². The van der Waals surface area contributed by atoms with Crippen LogP contribution in [0.25, 0.3) is 0 Å². The molecule has 18 heavy (non-hydrogen) atoms. The molecule has 0 amide bonds. The minimum atomic E-state index is -0.526. The number of rotatable bonds is 2. The Morgan fingerprint density at radius 1 is 1.28 bits per heavy atom. The van der Waals surface area contributed by atoms with Gasteiger partial charge in [-0.25, -0.2) is 4.39 Å². The predicted molar refractivity (Wildman–Crippen MR) is 70.3 cm³/mol. The molecule has 3 nitrogen and oxygen atoms in total. The molecular weight excluding hydrogens is 253 g/mol. The van der Waals surface area contributed by atoms with Crippen molar-refractivity contribution in [2.45, 2.75) is 0 Å². The van der Waals surface area contributed by atoms with Gasteiger partial charge in [0.05, 0.1) is 22.0 Å². The molecule has 2 aromatic carbocycles. The number of anilines is 3. The minimum Gasteiger partial charge on any atom is -0.398 e. The number of benzene rings is 2. The van der Waals surface area contributed by atoms with Crippen LogP contribution in [0, 0.1) is 17.1 Å². The van der Waals surface area contributed by atoms with Crippen LogP contribution in [0.4, 0.5) is 21.5 Å². The number of nitrogens with one attached hydrogen (secondary N) is 1. The van der Waals surface area contributed by atoms with Crippen molar-refractivity contribution in [1.82, 2.24) is 0 Å². The van der Waals surface area contributed by atoms with Gasteiger partial charge in [-0.3, -0.25) is 0 Å². The second-order valence-electron chi connectivity index (χ2n) is 3.64. The van der Waals surface area contributed by atoms with Crippen molar-refractivity contribution in [3.8, 4) is 6.07 Å². The monoisotopic (exact) mass is 261 g/mol. The van der Waals surface area contributed by atoms with E-state index in [-0.39, 0.29) is 10.7 Å². The fourth-order valence-corrected chi connectivity index (χ4v) is 1.67. The molecule has 0 aromatic heterocycles. The molecule has 90 valence electrons. The van der Waals surface area contributed by atoms with Crippen molar-refractivity contribution in [2.24, 2.45) is 0 Å². The summed E-state index contributed by atoms with van der Waals surface area (Å²) in [6.45, 7) is 0. The number of nitrogen functional groups attached to an aromatic ring is 1. The fraction of sp³-hybridized carbons (Fsp3) is 0. The Labute approximate surface area is 109 Å². The highest BCUT2D eigenvalue weighted by Crippen LogP contribution is 2.26. The van der Waals surface area contributed by atoms with E-state index >= 15 is 0 Å². The quantitative estimate of drug-likeness (QED) is 0.811. The lowest BCUT2D eigenvalue weighted by atomic mass is 10.1. The number of nitrogens with two attached hydrogens (primary N) is 1. The molecule has 0 atom stereocenters. The smallest absolute Gasteiger partial charge is 0.165 e. The molecule has 0 aliphatic carbocycles. The first-order chi connectivity index (χ1) is 8.61. The Balaban J connectivity index is 2.32. The van der Waals surface area contributed by atoms with E-state index in [2.05, 4.69) is 5.32 Å². The van der Waals surface area contributed by atoms with Crippen LogP contribution >= 0.6 is 11.6 Å². The molecule has 2 rings (SSSR count). The molecule has 2 aromatic rings. The van der Waals surface area contributed by atoms with Crippen LogP contribution in [0.3, 0.4) is 0 Å². The van der Waals surface area contributed by atoms with E-state index in [0.29, 0.717) is 16.9 Å². The van der Waals surface area contributed by atoms with Gasteiger partial charge < -0.3 is 11.1 Å². The third kappa shape index (κ3) is 2.36. The van der Waals surface area contributed by atoms with E-state index < -0.39 is 5.82 Å². The van der Waals surface area contributed by atoms with Crippen molar-refractivity contribution in [3.63, 3.8) is 0 Å². The lowest BCUT2D eigenvalue weighted by Gasteiger charge is -2.09. The largest absolute Gasteiger partial charge is 0.398 e. The highest BCUT2D eigenvalue weighted by atomic mass is 35.5. The molecule has 0 spiro atoms. The van der Waals surface area contributed by atoms with Crippen LogP contribution in [0.2, 0.25) is 5.02 Å². The second-order valence-corrected chi connectivity index (χ2v) is 4.05. The molecule has 0 radical (unpaired) electrons. The maximum Gasteiger partial charge on any atom is 0.165 e. The summed E-state index contributed by atoms with van der Waals surface area (Å²) in [6.07, 6.45) is 0. The van der Waals surface area contributed by atoms with Gasteiger partial charge in [-0.15, -0.1) is 0 Å². The number of hydrogen-bond acceptors (Lipinski definition) is 3. The van der Waals surface area contributed by atoms with E-state index in [9.17, 15) is 4.39 Å². The van der Waals surface area contributed by atoms with Crippen LogP contribution in [0.1, 0.15) is 5.56 Å². The third-order valence-electron chi connectivity index (χ3n) is 2.40. The first-order valence-electron chi connectivity index (χ1n) is 5.12. The van der Waals surface area contributed by atoms with Crippen LogP contribution in [-0.4, -0.2) is 0 Å². The number of halogens is 2. The maximum atomic E-state index is 13.7. The Kier molecular flexibility index (Phi) is 3.35. The molecule has 0 saturated carbocycles. The van der Waals surface area contributed by atoms with E-state index in [1.165, 1.54) is 6.07 Å². The Morgan fingerprint density at radius 2 is 2.06 bits per heavy atom. The summed E-state index contributed by atoms with van der Waals surface area (Å²) in [6, 6.07) is 11.4. The predicted octanol–water partition coefficient (Wildman–Crippen LogP) is 3.68. The highest BCUT2D eigenvalue weighted by Gasteiger charge is 2.07. The van der Waals surface area contributed by atoms with Gasteiger partial charge in [-0.2, -0.15) is 5.26 Å². The first-order valence-corrected chi connectivity index (χ1v) is 5.50. The van der Waals surface area contributed by atoms with Gasteiger partial charge in [0.25, 0.3) is 0 Å². The van der Waals surface area contributed by atoms with Gasteiger partial charge >= 0.3 is 0 Å². The Morgan fingerprint density at radius 3 is 2.72 bits per heavy atom. The molecule has 5 heteroatoms. The van der Waals surface area contributed by atoms with Gasteiger partial charge in [-0.05, 0) is 30.3 Å². The minimum absolute atomic E-state index is 0.0432. The summed E-state index contributed by atoms with van der Waals surface area (Å²) in [7, 11) is 0. The molecule has 0 heterocycles. The first kappa shape index (κ1) is 12.2. The van der Waals surface area contributed by atoms with Gasteiger partial charge in [0.15, 0.2) is 5.82 Å². The number of hydrogen-bond donors (Lipinski definition) is 2. The summed E-state index contributed by atoms with van der Waals surface area (Å²) >= 11 is 5.68. The standard InChI is InChI=1S/C13H9ClFN3/c14-10-2-1-3-12(13(10)15)18-9-5-4-8(7-16)11(17)6-9/h1-6,18H,17H2. The molecule has 3 N–H and O–H groups in total. The van der Waals surface area contributed by atoms with Gasteiger partial charge in [0.2, 0.25) is 0 Å². The zero-order valence-electron chi connectivity index (χ0n) is 9.24. The zero-order chi connectivity index (χ0) is 13.1. The maximum absolute atomic E-state index is 13.7. The van der Waals surface area contributed by atoms with Crippen molar-refractivity contribution in [1.29, 1.82) is 5.26 Å². The summed E-state index contributed by atoms with van der Waals surface area (Å²) in [5, 5.41) is 11.7. The SMILES string of the molecule is N#Cc1ccc(Nc2cccc(Cl)c2F)cc1N. The van der Waals surface area contributed by atoms with Crippen molar-refractivity contribution >= 4 is 28.7 Å². The normalized spacial score (nSPS) is 9.83. The van der Waals surface area contributed by atoms with E-state index in [1.54, 1.807) is 30.3 Å². The number of nitrogens with zero attached hydrogens (tertiary/aromatic N) is 1. The van der Waals surface area contributed by atoms with Crippen LogP contribution in [-0.2, 0) is 0 Å². The summed E-state index contributed by atoms with van der Waals surface area (Å²) in [5.74, 6) is -0.526.